The topological polar surface area (TPSA) is 0 Å². The van der Waals surface area contributed by atoms with E-state index >= 15 is 0 Å². The van der Waals surface area contributed by atoms with E-state index < -0.39 is 0 Å². The third kappa shape index (κ3) is 2.80. The molecule has 0 unspecified atom stereocenters. The molecule has 0 heteroatoms. The van der Waals surface area contributed by atoms with Crippen molar-refractivity contribution in [3.05, 3.63) is 112 Å². The Morgan fingerprint density at radius 2 is 1.21 bits per heavy atom. The van der Waals surface area contributed by atoms with E-state index in [1.807, 2.05) is 0 Å². The highest BCUT2D eigenvalue weighted by Crippen LogP contribution is 2.39. The van der Waals surface area contributed by atoms with Gasteiger partial charge < -0.3 is 0 Å². The van der Waals surface area contributed by atoms with Gasteiger partial charge >= 0.3 is 0 Å². The summed E-state index contributed by atoms with van der Waals surface area (Å²) >= 11 is 0. The van der Waals surface area contributed by atoms with Crippen LogP contribution in [0.1, 0.15) is 39.3 Å². The van der Waals surface area contributed by atoms with Crippen molar-refractivity contribution in [1.82, 2.24) is 0 Å². The zero-order valence-corrected chi connectivity index (χ0v) is 14.3. The highest BCUT2D eigenvalue weighted by atomic mass is 14.3. The summed E-state index contributed by atoms with van der Waals surface area (Å²) in [7, 11) is 0. The van der Waals surface area contributed by atoms with Gasteiger partial charge in [0.2, 0.25) is 0 Å². The predicted molar refractivity (Wildman–Crippen MR) is 102 cm³/mol. The van der Waals surface area contributed by atoms with E-state index in [0.29, 0.717) is 5.92 Å². The Balaban J connectivity index is 1.80. The van der Waals surface area contributed by atoms with Crippen molar-refractivity contribution in [2.24, 2.45) is 0 Å². The molecule has 0 radical (unpaired) electrons. The van der Waals surface area contributed by atoms with E-state index in [9.17, 15) is 0 Å². The Morgan fingerprint density at radius 3 is 1.75 bits per heavy atom. The highest BCUT2D eigenvalue weighted by Gasteiger charge is 2.23. The van der Waals surface area contributed by atoms with Crippen LogP contribution in [0, 0.1) is 13.8 Å². The summed E-state index contributed by atoms with van der Waals surface area (Å²) in [5, 5.41) is 0. The molecule has 3 aromatic rings. The molecular weight excluding hydrogens is 288 g/mol. The Bertz CT molecular complexity index is 835. The molecule has 1 aliphatic rings. The Morgan fingerprint density at radius 1 is 0.667 bits per heavy atom. The first-order valence-corrected chi connectivity index (χ1v) is 8.62. The predicted octanol–water partition coefficient (Wildman–Crippen LogP) is 6.08. The molecule has 4 rings (SSSR count). The van der Waals surface area contributed by atoms with Crippen molar-refractivity contribution >= 4 is 6.08 Å². The summed E-state index contributed by atoms with van der Waals surface area (Å²) in [5.41, 5.74) is 9.68. The minimum absolute atomic E-state index is 0.332. The molecule has 0 spiro atoms. The van der Waals surface area contributed by atoms with E-state index in [-0.39, 0.29) is 0 Å². The zero-order valence-electron chi connectivity index (χ0n) is 14.3. The minimum atomic E-state index is 0.332. The number of allylic oxidation sites excluding steroid dienone is 1. The van der Waals surface area contributed by atoms with Gasteiger partial charge in [-0.2, -0.15) is 0 Å². The fourth-order valence-corrected chi connectivity index (χ4v) is 3.63. The molecule has 118 valence electrons. The smallest absolute Gasteiger partial charge is 0.0305 e. The van der Waals surface area contributed by atoms with Crippen LogP contribution in [-0.4, -0.2) is 0 Å². The van der Waals surface area contributed by atoms with Gasteiger partial charge in [0.05, 0.1) is 0 Å². The van der Waals surface area contributed by atoms with Gasteiger partial charge in [-0.1, -0.05) is 95.6 Å². The van der Waals surface area contributed by atoms with E-state index in [1.54, 1.807) is 0 Å². The molecule has 0 aliphatic heterocycles. The Hall–Kier alpha value is -2.60. The quantitative estimate of drug-likeness (QED) is 0.550. The second-order valence-corrected chi connectivity index (χ2v) is 6.85. The number of rotatable bonds is 3. The lowest BCUT2D eigenvalue weighted by molar-refractivity contribution is 0.915. The number of hydrogen-bond donors (Lipinski definition) is 0. The maximum absolute atomic E-state index is 2.39. The van der Waals surface area contributed by atoms with Crippen LogP contribution in [0.15, 0.2) is 78.4 Å². The van der Waals surface area contributed by atoms with Crippen LogP contribution in [0.25, 0.3) is 6.08 Å². The fraction of sp³-hybridized carbons (Fsp3) is 0.167. The molecule has 0 saturated carbocycles. The zero-order chi connectivity index (χ0) is 16.5. The molecule has 0 saturated heterocycles. The van der Waals surface area contributed by atoms with Crippen LogP contribution in [0.3, 0.4) is 0 Å². The Kier molecular flexibility index (Phi) is 3.82. The number of aryl methyl sites for hydroxylation is 2. The first-order chi connectivity index (χ1) is 11.7. The first kappa shape index (κ1) is 15.0. The molecule has 0 fully saturated rings. The SMILES string of the molecule is Cc1ccc(C(C2=Cc3ccccc3C2)c2ccc(C)cc2)cc1. The lowest BCUT2D eigenvalue weighted by atomic mass is 9.83. The molecule has 0 atom stereocenters. The van der Waals surface area contributed by atoms with Crippen molar-refractivity contribution in [2.75, 3.05) is 0 Å². The largest absolute Gasteiger partial charge is 0.0619 e. The summed E-state index contributed by atoms with van der Waals surface area (Å²) in [6, 6.07) is 26.8. The average molecular weight is 310 g/mol. The third-order valence-electron chi connectivity index (χ3n) is 4.98. The Labute approximate surface area is 144 Å². The average Bonchev–Trinajstić information content (AvgIpc) is 3.02. The van der Waals surface area contributed by atoms with Gasteiger partial charge in [0, 0.05) is 5.92 Å². The standard InChI is InChI=1S/C24H22/c1-17-7-11-19(12-8-17)24(20-13-9-18(2)10-14-20)23-15-21-5-3-4-6-22(21)16-23/h3-15,24H,16H2,1-2H3. The van der Waals surface area contributed by atoms with Crippen molar-refractivity contribution in [1.29, 1.82) is 0 Å². The van der Waals surface area contributed by atoms with Gasteiger partial charge in [-0.25, -0.2) is 0 Å². The van der Waals surface area contributed by atoms with Crippen LogP contribution >= 0.6 is 0 Å². The normalized spacial score (nSPS) is 13.0. The van der Waals surface area contributed by atoms with Crippen LogP contribution in [0.2, 0.25) is 0 Å². The number of benzene rings is 3. The molecular formula is C24H22. The lowest BCUT2D eigenvalue weighted by Crippen LogP contribution is -2.05. The van der Waals surface area contributed by atoms with Crippen LogP contribution in [0.5, 0.6) is 0 Å². The van der Waals surface area contributed by atoms with E-state index in [2.05, 4.69) is 92.7 Å². The second kappa shape index (κ2) is 6.13. The van der Waals surface area contributed by atoms with Gasteiger partial charge in [0.25, 0.3) is 0 Å². The van der Waals surface area contributed by atoms with Crippen LogP contribution in [-0.2, 0) is 6.42 Å². The molecule has 1 aliphatic carbocycles. The van der Waals surface area contributed by atoms with Gasteiger partial charge in [0.15, 0.2) is 0 Å². The summed E-state index contributed by atoms with van der Waals surface area (Å²) in [6.45, 7) is 4.30. The van der Waals surface area contributed by atoms with Crippen molar-refractivity contribution in [3.63, 3.8) is 0 Å². The maximum Gasteiger partial charge on any atom is 0.0305 e. The minimum Gasteiger partial charge on any atom is -0.0619 e. The summed E-state index contributed by atoms with van der Waals surface area (Å²) in [4.78, 5) is 0. The molecule has 0 bridgehead atoms. The monoisotopic (exact) mass is 310 g/mol. The molecule has 0 amide bonds. The van der Waals surface area contributed by atoms with Gasteiger partial charge in [0.1, 0.15) is 0 Å². The third-order valence-corrected chi connectivity index (χ3v) is 4.98. The maximum atomic E-state index is 2.39. The van der Waals surface area contributed by atoms with Gasteiger partial charge in [-0.05, 0) is 42.5 Å². The summed E-state index contributed by atoms with van der Waals surface area (Å²) in [6.07, 6.45) is 3.43. The molecule has 0 heterocycles. The lowest BCUT2D eigenvalue weighted by Gasteiger charge is -2.20. The molecule has 0 aromatic heterocycles. The summed E-state index contributed by atoms with van der Waals surface area (Å²) in [5.74, 6) is 0.332. The second-order valence-electron chi connectivity index (χ2n) is 6.85. The van der Waals surface area contributed by atoms with Crippen molar-refractivity contribution < 1.29 is 0 Å². The van der Waals surface area contributed by atoms with Crippen LogP contribution in [0.4, 0.5) is 0 Å². The van der Waals surface area contributed by atoms with Gasteiger partial charge in [-0.15, -0.1) is 0 Å². The molecule has 0 N–H and O–H groups in total. The van der Waals surface area contributed by atoms with Crippen LogP contribution < -0.4 is 0 Å². The van der Waals surface area contributed by atoms with Gasteiger partial charge in [-0.3, -0.25) is 0 Å². The van der Waals surface area contributed by atoms with E-state index in [4.69, 9.17) is 0 Å². The highest BCUT2D eigenvalue weighted by molar-refractivity contribution is 5.67. The fourth-order valence-electron chi connectivity index (χ4n) is 3.63. The van der Waals surface area contributed by atoms with E-state index in [1.165, 1.54) is 39.0 Å². The molecule has 0 nitrogen and oxygen atoms in total. The van der Waals surface area contributed by atoms with Crippen molar-refractivity contribution in [3.8, 4) is 0 Å². The first-order valence-electron chi connectivity index (χ1n) is 8.62. The molecule has 24 heavy (non-hydrogen) atoms. The number of hydrogen-bond acceptors (Lipinski definition) is 0. The van der Waals surface area contributed by atoms with Crippen molar-refractivity contribution in [2.45, 2.75) is 26.2 Å². The van der Waals surface area contributed by atoms with E-state index in [0.717, 1.165) is 6.42 Å². The molecule has 3 aromatic carbocycles. The summed E-state index contributed by atoms with van der Waals surface area (Å²) < 4.78 is 0. The number of fused-ring (bicyclic) bond motifs is 1.